The molecular weight excluding hydrogens is 266 g/mol. The number of amides is 1. The molecule has 6 heteroatoms. The van der Waals surface area contributed by atoms with E-state index in [4.69, 9.17) is 4.74 Å². The predicted molar refractivity (Wildman–Crippen MR) is 74.9 cm³/mol. The molecule has 0 spiro atoms. The van der Waals surface area contributed by atoms with Gasteiger partial charge in [0.2, 0.25) is 0 Å². The largest absolute Gasteiger partial charge is 0.444 e. The van der Waals surface area contributed by atoms with E-state index in [9.17, 15) is 13.2 Å². The highest BCUT2D eigenvalue weighted by atomic mass is 32.2. The van der Waals surface area contributed by atoms with Crippen LogP contribution in [0.15, 0.2) is 0 Å². The van der Waals surface area contributed by atoms with Crippen molar-refractivity contribution in [1.82, 2.24) is 4.90 Å². The summed E-state index contributed by atoms with van der Waals surface area (Å²) in [4.78, 5) is 13.6. The summed E-state index contributed by atoms with van der Waals surface area (Å²) < 4.78 is 28.3. The fourth-order valence-electron chi connectivity index (χ4n) is 2.55. The number of ether oxygens (including phenoxy) is 1. The lowest BCUT2D eigenvalue weighted by molar-refractivity contribution is 0.00938. The van der Waals surface area contributed by atoms with Crippen molar-refractivity contribution in [2.75, 3.05) is 25.1 Å². The van der Waals surface area contributed by atoms with Gasteiger partial charge >= 0.3 is 6.09 Å². The molecule has 0 aromatic heterocycles. The van der Waals surface area contributed by atoms with Crippen molar-refractivity contribution >= 4 is 15.9 Å². The molecule has 0 bridgehead atoms. The van der Waals surface area contributed by atoms with Gasteiger partial charge < -0.3 is 9.64 Å². The van der Waals surface area contributed by atoms with E-state index in [2.05, 4.69) is 0 Å². The van der Waals surface area contributed by atoms with Crippen LogP contribution in [0, 0.1) is 5.41 Å². The molecule has 1 rings (SSSR count). The quantitative estimate of drug-likeness (QED) is 0.781. The highest BCUT2D eigenvalue weighted by Crippen LogP contribution is 2.31. The summed E-state index contributed by atoms with van der Waals surface area (Å²) in [7, 11) is -3.05. The minimum atomic E-state index is -3.05. The molecule has 0 aliphatic carbocycles. The third-order valence-corrected chi connectivity index (χ3v) is 4.26. The van der Waals surface area contributed by atoms with Gasteiger partial charge in [-0.15, -0.1) is 0 Å². The molecule has 0 aromatic carbocycles. The summed E-state index contributed by atoms with van der Waals surface area (Å²) in [6.07, 6.45) is 2.52. The smallest absolute Gasteiger partial charge is 0.410 e. The SMILES string of the molecule is CC1(CS(C)(=O)=O)CCCN(C(=O)OC(C)(C)C)C1. The topological polar surface area (TPSA) is 63.7 Å². The highest BCUT2D eigenvalue weighted by molar-refractivity contribution is 7.90. The lowest BCUT2D eigenvalue weighted by atomic mass is 9.84. The molecule has 0 N–H and O–H groups in total. The molecular formula is C13H25NO4S. The van der Waals surface area contributed by atoms with Gasteiger partial charge in [0.05, 0.1) is 5.75 Å². The van der Waals surface area contributed by atoms with Crippen molar-refractivity contribution in [2.45, 2.75) is 46.1 Å². The van der Waals surface area contributed by atoms with Crippen LogP contribution >= 0.6 is 0 Å². The van der Waals surface area contributed by atoms with Crippen LogP contribution < -0.4 is 0 Å². The minimum absolute atomic E-state index is 0.110. The summed E-state index contributed by atoms with van der Waals surface area (Å²) in [6, 6.07) is 0. The normalized spacial score (nSPS) is 25.2. The Bertz CT molecular complexity index is 438. The zero-order valence-corrected chi connectivity index (χ0v) is 13.3. The van der Waals surface area contributed by atoms with Gasteiger partial charge in [0.1, 0.15) is 15.4 Å². The first kappa shape index (κ1) is 16.3. The zero-order valence-electron chi connectivity index (χ0n) is 12.5. The van der Waals surface area contributed by atoms with E-state index in [0.717, 1.165) is 12.8 Å². The van der Waals surface area contributed by atoms with Gasteiger partial charge in [-0.25, -0.2) is 13.2 Å². The number of carbonyl (C=O) groups excluding carboxylic acids is 1. The van der Waals surface area contributed by atoms with Gasteiger partial charge in [-0.1, -0.05) is 6.92 Å². The summed E-state index contributed by atoms with van der Waals surface area (Å²) >= 11 is 0. The van der Waals surface area contributed by atoms with E-state index in [0.29, 0.717) is 13.1 Å². The number of nitrogens with zero attached hydrogens (tertiary/aromatic N) is 1. The lowest BCUT2D eigenvalue weighted by Gasteiger charge is -2.40. The fraction of sp³-hybridized carbons (Fsp3) is 0.923. The monoisotopic (exact) mass is 291 g/mol. The average molecular weight is 291 g/mol. The second kappa shape index (κ2) is 5.31. The second-order valence-electron chi connectivity index (χ2n) is 6.89. The van der Waals surface area contributed by atoms with E-state index >= 15 is 0 Å². The summed E-state index contributed by atoms with van der Waals surface area (Å²) in [5.74, 6) is 0.110. The Balaban J connectivity index is 2.71. The van der Waals surface area contributed by atoms with Crippen LogP contribution in [-0.2, 0) is 14.6 Å². The van der Waals surface area contributed by atoms with Crippen LogP contribution in [0.2, 0.25) is 0 Å². The van der Waals surface area contributed by atoms with E-state index in [1.807, 2.05) is 27.7 Å². The maximum Gasteiger partial charge on any atom is 0.410 e. The Morgan fingerprint density at radius 3 is 2.42 bits per heavy atom. The molecule has 1 saturated heterocycles. The average Bonchev–Trinajstić information content (AvgIpc) is 2.10. The van der Waals surface area contributed by atoms with E-state index < -0.39 is 15.4 Å². The molecule has 112 valence electrons. The standard InChI is InChI=1S/C13H25NO4S/c1-12(2,3)18-11(15)14-8-6-7-13(4,9-14)10-19(5,16)17/h6-10H2,1-5H3. The van der Waals surface area contributed by atoms with E-state index in [1.165, 1.54) is 6.26 Å². The number of piperidine rings is 1. The van der Waals surface area contributed by atoms with Crippen LogP contribution in [-0.4, -0.2) is 50.1 Å². The number of rotatable bonds is 2. The summed E-state index contributed by atoms with van der Waals surface area (Å²) in [6.45, 7) is 8.47. The van der Waals surface area contributed by atoms with Crippen molar-refractivity contribution < 1.29 is 17.9 Å². The van der Waals surface area contributed by atoms with Crippen molar-refractivity contribution in [1.29, 1.82) is 0 Å². The molecule has 1 amide bonds. The number of likely N-dealkylation sites (tertiary alicyclic amines) is 1. The van der Waals surface area contributed by atoms with Gasteiger partial charge in [-0.05, 0) is 39.0 Å². The number of sulfone groups is 1. The highest BCUT2D eigenvalue weighted by Gasteiger charge is 2.37. The first-order valence-corrected chi connectivity index (χ1v) is 8.62. The Morgan fingerprint density at radius 2 is 1.95 bits per heavy atom. The molecule has 1 atom stereocenters. The molecule has 1 unspecified atom stereocenters. The van der Waals surface area contributed by atoms with Crippen molar-refractivity contribution in [3.8, 4) is 0 Å². The maximum atomic E-state index is 12.0. The van der Waals surface area contributed by atoms with Crippen LogP contribution in [0.3, 0.4) is 0 Å². The molecule has 1 aliphatic rings. The number of hydrogen-bond acceptors (Lipinski definition) is 4. The van der Waals surface area contributed by atoms with Crippen molar-refractivity contribution in [3.63, 3.8) is 0 Å². The number of hydrogen-bond donors (Lipinski definition) is 0. The predicted octanol–water partition coefficient (Wildman–Crippen LogP) is 2.07. The Morgan fingerprint density at radius 1 is 1.37 bits per heavy atom. The third-order valence-electron chi connectivity index (χ3n) is 3.04. The lowest BCUT2D eigenvalue weighted by Crippen LogP contribution is -2.48. The van der Waals surface area contributed by atoms with Crippen LogP contribution in [0.25, 0.3) is 0 Å². The summed E-state index contributed by atoms with van der Waals surface area (Å²) in [5, 5.41) is 0. The molecule has 0 saturated carbocycles. The third kappa shape index (κ3) is 5.80. The number of carbonyl (C=O) groups is 1. The van der Waals surface area contributed by atoms with E-state index in [1.54, 1.807) is 4.90 Å². The van der Waals surface area contributed by atoms with Gasteiger partial charge in [-0.3, -0.25) is 0 Å². The maximum absolute atomic E-state index is 12.0. The van der Waals surface area contributed by atoms with Gasteiger partial charge in [-0.2, -0.15) is 0 Å². The van der Waals surface area contributed by atoms with Crippen molar-refractivity contribution in [3.05, 3.63) is 0 Å². The Hall–Kier alpha value is -0.780. The van der Waals surface area contributed by atoms with Gasteiger partial charge in [0.25, 0.3) is 0 Å². The molecule has 0 aromatic rings. The molecule has 0 radical (unpaired) electrons. The van der Waals surface area contributed by atoms with Crippen LogP contribution in [0.1, 0.15) is 40.5 Å². The second-order valence-corrected chi connectivity index (χ2v) is 9.03. The van der Waals surface area contributed by atoms with Crippen LogP contribution in [0.4, 0.5) is 4.79 Å². The van der Waals surface area contributed by atoms with Gasteiger partial charge in [0.15, 0.2) is 0 Å². The van der Waals surface area contributed by atoms with Crippen molar-refractivity contribution in [2.24, 2.45) is 5.41 Å². The Labute approximate surface area is 116 Å². The molecule has 1 fully saturated rings. The molecule has 1 aliphatic heterocycles. The fourth-order valence-corrected chi connectivity index (χ4v) is 4.05. The van der Waals surface area contributed by atoms with Crippen LogP contribution in [0.5, 0.6) is 0 Å². The molecule has 19 heavy (non-hydrogen) atoms. The first-order valence-electron chi connectivity index (χ1n) is 6.56. The molecule has 5 nitrogen and oxygen atoms in total. The zero-order chi connectivity index (χ0) is 14.9. The summed E-state index contributed by atoms with van der Waals surface area (Å²) in [5.41, 5.74) is -0.898. The molecule has 1 heterocycles. The first-order chi connectivity index (χ1) is 8.40. The van der Waals surface area contributed by atoms with E-state index in [-0.39, 0.29) is 17.3 Å². The minimum Gasteiger partial charge on any atom is -0.444 e. The Kier molecular flexibility index (Phi) is 4.55. The van der Waals surface area contributed by atoms with Gasteiger partial charge in [0, 0.05) is 19.3 Å².